The minimum atomic E-state index is -4.49. The zero-order valence-corrected chi connectivity index (χ0v) is 15.1. The maximum Gasteiger partial charge on any atom is 0.416 e. The number of H-pyrrole nitrogens is 1. The Kier molecular flexibility index (Phi) is 5.92. The maximum absolute atomic E-state index is 12.9. The molecule has 9 heteroatoms. The molecule has 0 radical (unpaired) electrons. The number of nitrogens with one attached hydrogen (secondary N) is 1. The number of hydrogen-bond donors (Lipinski definition) is 2. The summed E-state index contributed by atoms with van der Waals surface area (Å²) in [4.78, 5) is 31.8. The summed E-state index contributed by atoms with van der Waals surface area (Å²) in [5.74, 6) is -1.59. The molecule has 0 spiro atoms. The van der Waals surface area contributed by atoms with Crippen LogP contribution in [0.25, 0.3) is 11.4 Å². The fourth-order valence-corrected chi connectivity index (χ4v) is 2.62. The first-order chi connectivity index (χ1) is 12.5. The van der Waals surface area contributed by atoms with Gasteiger partial charge < -0.3 is 15.0 Å². The second kappa shape index (κ2) is 7.81. The fourth-order valence-electron chi connectivity index (χ4n) is 2.62. The van der Waals surface area contributed by atoms with E-state index in [2.05, 4.69) is 9.97 Å². The number of carbonyl (C=O) groups is 2. The lowest BCUT2D eigenvalue weighted by molar-refractivity contribution is -0.138. The molecule has 0 bridgehead atoms. The van der Waals surface area contributed by atoms with E-state index in [0.717, 1.165) is 17.0 Å². The predicted molar refractivity (Wildman–Crippen MR) is 92.1 cm³/mol. The molecular weight excluding hydrogens is 363 g/mol. The van der Waals surface area contributed by atoms with Gasteiger partial charge in [0.2, 0.25) is 0 Å². The van der Waals surface area contributed by atoms with Crippen LogP contribution in [0.3, 0.4) is 0 Å². The van der Waals surface area contributed by atoms with Crippen LogP contribution >= 0.6 is 0 Å². The summed E-state index contributed by atoms with van der Waals surface area (Å²) < 4.78 is 38.7. The summed E-state index contributed by atoms with van der Waals surface area (Å²) in [5.41, 5.74) is -0.300. The van der Waals surface area contributed by atoms with Crippen molar-refractivity contribution >= 4 is 11.9 Å². The van der Waals surface area contributed by atoms with Crippen LogP contribution in [0, 0.1) is 12.8 Å². The van der Waals surface area contributed by atoms with E-state index in [1.165, 1.54) is 12.1 Å². The molecule has 2 rings (SSSR count). The lowest BCUT2D eigenvalue weighted by Crippen LogP contribution is -2.38. The highest BCUT2D eigenvalue weighted by atomic mass is 19.4. The molecular formula is C18H20F3N3O3. The standard InChI is InChI=1S/C18H20F3N3O3/c1-10(2)8-24(9-14(25)26)17(27)15-11(3)22-16(23-15)12-5-4-6-13(7-12)18(19,20)21/h4-7,10H,8-9H2,1-3H3,(H,22,23)(H,25,26). The van der Waals surface area contributed by atoms with Crippen molar-refractivity contribution in [3.05, 3.63) is 41.2 Å². The summed E-state index contributed by atoms with van der Waals surface area (Å²) in [7, 11) is 0. The highest BCUT2D eigenvalue weighted by molar-refractivity contribution is 5.95. The Morgan fingerprint density at radius 3 is 2.52 bits per heavy atom. The summed E-state index contributed by atoms with van der Waals surface area (Å²) in [6.45, 7) is 4.98. The van der Waals surface area contributed by atoms with Crippen LogP contribution in [0.4, 0.5) is 13.2 Å². The number of aromatic amines is 1. The van der Waals surface area contributed by atoms with Crippen LogP contribution in [0.1, 0.15) is 35.6 Å². The molecule has 0 aliphatic carbocycles. The first-order valence-corrected chi connectivity index (χ1v) is 8.24. The van der Waals surface area contributed by atoms with E-state index in [1.54, 1.807) is 6.92 Å². The number of rotatable bonds is 6. The third-order valence-corrected chi connectivity index (χ3v) is 3.75. The number of aromatic nitrogens is 2. The van der Waals surface area contributed by atoms with Gasteiger partial charge in [-0.1, -0.05) is 26.0 Å². The van der Waals surface area contributed by atoms with Gasteiger partial charge in [-0.3, -0.25) is 9.59 Å². The van der Waals surface area contributed by atoms with Crippen molar-refractivity contribution in [2.24, 2.45) is 5.92 Å². The lowest BCUT2D eigenvalue weighted by Gasteiger charge is -2.22. The molecule has 0 aliphatic heterocycles. The number of nitrogens with zero attached hydrogens (tertiary/aromatic N) is 2. The van der Waals surface area contributed by atoms with E-state index in [-0.39, 0.29) is 29.5 Å². The van der Waals surface area contributed by atoms with Crippen molar-refractivity contribution in [2.45, 2.75) is 26.9 Å². The number of aryl methyl sites for hydroxylation is 1. The average Bonchev–Trinajstić information content (AvgIpc) is 2.94. The average molecular weight is 383 g/mol. The maximum atomic E-state index is 12.9. The van der Waals surface area contributed by atoms with Crippen molar-refractivity contribution in [3.8, 4) is 11.4 Å². The Hall–Kier alpha value is -2.84. The van der Waals surface area contributed by atoms with Gasteiger partial charge in [-0.25, -0.2) is 4.98 Å². The smallest absolute Gasteiger partial charge is 0.416 e. The van der Waals surface area contributed by atoms with Gasteiger partial charge in [0.05, 0.1) is 5.56 Å². The number of halogens is 3. The van der Waals surface area contributed by atoms with Gasteiger partial charge in [0.15, 0.2) is 0 Å². The van der Waals surface area contributed by atoms with Crippen LogP contribution < -0.4 is 0 Å². The molecule has 1 aromatic heterocycles. The SMILES string of the molecule is Cc1[nH]c(-c2cccc(C(F)(F)F)c2)nc1C(=O)N(CC(=O)O)CC(C)C. The monoisotopic (exact) mass is 383 g/mol. The molecule has 0 saturated heterocycles. The van der Waals surface area contributed by atoms with Crippen molar-refractivity contribution in [1.29, 1.82) is 0 Å². The lowest BCUT2D eigenvalue weighted by atomic mass is 10.1. The number of alkyl halides is 3. The van der Waals surface area contributed by atoms with Crippen LogP contribution in [0.5, 0.6) is 0 Å². The summed E-state index contributed by atoms with van der Waals surface area (Å²) in [6, 6.07) is 4.59. The molecule has 2 aromatic rings. The number of benzene rings is 1. The van der Waals surface area contributed by atoms with Crippen molar-refractivity contribution in [2.75, 3.05) is 13.1 Å². The number of hydrogen-bond acceptors (Lipinski definition) is 3. The van der Waals surface area contributed by atoms with Crippen molar-refractivity contribution in [3.63, 3.8) is 0 Å². The summed E-state index contributed by atoms with van der Waals surface area (Å²) >= 11 is 0. The van der Waals surface area contributed by atoms with E-state index in [4.69, 9.17) is 5.11 Å². The molecule has 0 saturated carbocycles. The fraction of sp³-hybridized carbons (Fsp3) is 0.389. The zero-order valence-electron chi connectivity index (χ0n) is 15.1. The molecule has 0 fully saturated rings. The van der Waals surface area contributed by atoms with Gasteiger partial charge in [-0.2, -0.15) is 13.2 Å². The molecule has 6 nitrogen and oxygen atoms in total. The minimum absolute atomic E-state index is 0.00990. The Labute approximate surface area is 154 Å². The van der Waals surface area contributed by atoms with E-state index < -0.39 is 30.2 Å². The van der Waals surface area contributed by atoms with Crippen LogP contribution in [0.2, 0.25) is 0 Å². The van der Waals surface area contributed by atoms with Crippen LogP contribution in [0.15, 0.2) is 24.3 Å². The number of carbonyl (C=O) groups excluding carboxylic acids is 1. The molecule has 146 valence electrons. The van der Waals surface area contributed by atoms with Gasteiger partial charge in [-0.15, -0.1) is 0 Å². The Morgan fingerprint density at radius 1 is 1.30 bits per heavy atom. The number of carboxylic acids is 1. The van der Waals surface area contributed by atoms with Gasteiger partial charge in [0.1, 0.15) is 18.1 Å². The van der Waals surface area contributed by atoms with E-state index in [9.17, 15) is 22.8 Å². The van der Waals surface area contributed by atoms with E-state index >= 15 is 0 Å². The number of imidazole rings is 1. The molecule has 0 unspecified atom stereocenters. The van der Waals surface area contributed by atoms with Crippen molar-refractivity contribution < 1.29 is 27.9 Å². The third kappa shape index (κ3) is 5.08. The van der Waals surface area contributed by atoms with E-state index in [0.29, 0.717) is 5.69 Å². The van der Waals surface area contributed by atoms with Crippen LogP contribution in [-0.2, 0) is 11.0 Å². The topological polar surface area (TPSA) is 86.3 Å². The zero-order chi connectivity index (χ0) is 20.4. The quantitative estimate of drug-likeness (QED) is 0.798. The predicted octanol–water partition coefficient (Wildman–Crippen LogP) is 3.59. The second-order valence-electron chi connectivity index (χ2n) is 6.61. The summed E-state index contributed by atoms with van der Waals surface area (Å²) in [5, 5.41) is 9.02. The molecule has 1 heterocycles. The van der Waals surface area contributed by atoms with Crippen LogP contribution in [-0.4, -0.2) is 44.9 Å². The number of aliphatic carboxylic acids is 1. The minimum Gasteiger partial charge on any atom is -0.480 e. The summed E-state index contributed by atoms with van der Waals surface area (Å²) in [6.07, 6.45) is -4.49. The highest BCUT2D eigenvalue weighted by Gasteiger charge is 2.31. The molecule has 1 aromatic carbocycles. The molecule has 1 amide bonds. The molecule has 0 aliphatic rings. The molecule has 0 atom stereocenters. The molecule has 27 heavy (non-hydrogen) atoms. The van der Waals surface area contributed by atoms with Gasteiger partial charge in [0.25, 0.3) is 5.91 Å². The first kappa shape index (κ1) is 20.5. The third-order valence-electron chi connectivity index (χ3n) is 3.75. The Morgan fingerprint density at radius 2 is 1.96 bits per heavy atom. The second-order valence-corrected chi connectivity index (χ2v) is 6.61. The van der Waals surface area contributed by atoms with Gasteiger partial charge in [-0.05, 0) is 25.0 Å². The van der Waals surface area contributed by atoms with E-state index in [1.807, 2.05) is 13.8 Å². The highest BCUT2D eigenvalue weighted by Crippen LogP contribution is 2.31. The first-order valence-electron chi connectivity index (χ1n) is 8.24. The van der Waals surface area contributed by atoms with Gasteiger partial charge in [0, 0.05) is 17.8 Å². The van der Waals surface area contributed by atoms with Crippen molar-refractivity contribution in [1.82, 2.24) is 14.9 Å². The molecule has 2 N–H and O–H groups in total. The number of carboxylic acid groups (broad SMARTS) is 1. The largest absolute Gasteiger partial charge is 0.480 e. The Balaban J connectivity index is 2.37. The van der Waals surface area contributed by atoms with Gasteiger partial charge >= 0.3 is 12.1 Å². The Bertz CT molecular complexity index is 844. The number of amides is 1. The normalized spacial score (nSPS) is 11.7.